The smallest absolute Gasteiger partial charge is 0.161 e. The quantitative estimate of drug-likeness (QED) is 0.468. The zero-order valence-corrected chi connectivity index (χ0v) is 19.4. The predicted octanol–water partition coefficient (Wildman–Crippen LogP) is 4.67. The molecule has 0 bridgehead atoms. The van der Waals surface area contributed by atoms with E-state index in [0.29, 0.717) is 40.7 Å². The maximum Gasteiger partial charge on any atom is 0.161 e. The molecule has 0 saturated carbocycles. The number of aromatic nitrogens is 4. The molecule has 3 heterocycles. The number of rotatable bonds is 4. The van der Waals surface area contributed by atoms with Crippen LogP contribution >= 0.6 is 11.6 Å². The topological polar surface area (TPSA) is 62.9 Å². The second kappa shape index (κ2) is 7.94. The zero-order valence-electron chi connectivity index (χ0n) is 18.7. The Hall–Kier alpha value is -2.84. The Bertz CT molecular complexity index is 1300. The van der Waals surface area contributed by atoms with Gasteiger partial charge in [-0.15, -0.1) is 0 Å². The molecule has 1 aliphatic rings. The number of benzene rings is 2. The number of piperazine rings is 1. The lowest BCUT2D eigenvalue weighted by Gasteiger charge is -2.37. The largest absolute Gasteiger partial charge is 0.368 e. The fourth-order valence-corrected chi connectivity index (χ4v) is 5.01. The Morgan fingerprint density at radius 1 is 1.16 bits per heavy atom. The van der Waals surface area contributed by atoms with Crippen molar-refractivity contribution in [2.45, 2.75) is 39.4 Å². The van der Waals surface area contributed by atoms with E-state index >= 15 is 0 Å². The molecule has 0 amide bonds. The lowest BCUT2D eigenvalue weighted by atomic mass is 10.1. The predicted molar refractivity (Wildman–Crippen MR) is 129 cm³/mol. The summed E-state index contributed by atoms with van der Waals surface area (Å²) >= 11 is 6.80. The highest BCUT2D eigenvalue weighted by Gasteiger charge is 2.23. The van der Waals surface area contributed by atoms with Crippen molar-refractivity contribution < 1.29 is 4.39 Å². The summed E-state index contributed by atoms with van der Waals surface area (Å²) in [4.78, 5) is 2.36. The van der Waals surface area contributed by atoms with Gasteiger partial charge in [0, 0.05) is 61.7 Å². The van der Waals surface area contributed by atoms with Crippen molar-refractivity contribution in [3.63, 3.8) is 0 Å². The lowest BCUT2D eigenvalue weighted by molar-refractivity contribution is 0.407. The minimum Gasteiger partial charge on any atom is -0.368 e. The molecule has 2 N–H and O–H groups in total. The average Bonchev–Trinajstić information content (AvgIpc) is 3.27. The van der Waals surface area contributed by atoms with Crippen LogP contribution in [0.2, 0.25) is 5.02 Å². The molecule has 4 aromatic rings. The third kappa shape index (κ3) is 3.67. The van der Waals surface area contributed by atoms with Gasteiger partial charge in [0.1, 0.15) is 5.52 Å². The van der Waals surface area contributed by atoms with E-state index in [-0.39, 0.29) is 5.82 Å². The van der Waals surface area contributed by atoms with Crippen molar-refractivity contribution in [1.29, 1.82) is 0 Å². The van der Waals surface area contributed by atoms with Crippen LogP contribution in [0.1, 0.15) is 20.8 Å². The van der Waals surface area contributed by atoms with E-state index in [1.54, 1.807) is 17.9 Å². The van der Waals surface area contributed by atoms with Gasteiger partial charge in [0.05, 0.1) is 15.9 Å². The molecule has 5 rings (SSSR count). The van der Waals surface area contributed by atoms with Crippen molar-refractivity contribution >= 4 is 50.6 Å². The molecule has 1 saturated heterocycles. The van der Waals surface area contributed by atoms with E-state index in [2.05, 4.69) is 40.5 Å². The Labute approximate surface area is 191 Å². The van der Waals surface area contributed by atoms with Crippen LogP contribution in [0.25, 0.3) is 21.8 Å². The van der Waals surface area contributed by atoms with Gasteiger partial charge in [-0.2, -0.15) is 10.2 Å². The summed E-state index contributed by atoms with van der Waals surface area (Å²) in [6, 6.07) is 8.27. The van der Waals surface area contributed by atoms with Crippen molar-refractivity contribution in [3.05, 3.63) is 41.3 Å². The minimum absolute atomic E-state index is 0.351. The molecule has 32 heavy (non-hydrogen) atoms. The molecule has 168 valence electrons. The summed E-state index contributed by atoms with van der Waals surface area (Å²) in [7, 11) is 1.78. The molecule has 7 nitrogen and oxygen atoms in total. The molecule has 1 aliphatic heterocycles. The molecule has 0 unspecified atom stereocenters. The number of aryl methyl sites for hydroxylation is 2. The summed E-state index contributed by atoms with van der Waals surface area (Å²) < 4.78 is 18.1. The Morgan fingerprint density at radius 2 is 1.91 bits per heavy atom. The highest BCUT2D eigenvalue weighted by atomic mass is 35.5. The first-order valence-corrected chi connectivity index (χ1v) is 11.3. The van der Waals surface area contributed by atoms with Gasteiger partial charge in [0.25, 0.3) is 0 Å². The maximum absolute atomic E-state index is 14.6. The van der Waals surface area contributed by atoms with E-state index in [9.17, 15) is 4.39 Å². The minimum atomic E-state index is -0.375. The Kier molecular flexibility index (Phi) is 5.22. The summed E-state index contributed by atoms with van der Waals surface area (Å²) in [6.07, 6.45) is 1.79. The molecule has 2 aromatic heterocycles. The van der Waals surface area contributed by atoms with Gasteiger partial charge in [-0.1, -0.05) is 11.6 Å². The van der Waals surface area contributed by atoms with Crippen LogP contribution in [0.4, 0.5) is 21.6 Å². The Balaban J connectivity index is 1.56. The lowest BCUT2D eigenvalue weighted by Crippen LogP contribution is -2.54. The van der Waals surface area contributed by atoms with Crippen LogP contribution < -0.4 is 15.5 Å². The summed E-state index contributed by atoms with van der Waals surface area (Å²) in [5.41, 5.74) is 3.01. The van der Waals surface area contributed by atoms with Crippen molar-refractivity contribution in [3.8, 4) is 0 Å². The SMILES string of the molecule is CCn1nc(Nc2cc(F)c3nn(C)cc3c2)c2c(Cl)cc(N3C[C@H](C)N[C@@H](C)C3)cc21. The number of halogens is 2. The van der Waals surface area contributed by atoms with Gasteiger partial charge in [0.2, 0.25) is 0 Å². The molecule has 0 spiro atoms. The second-order valence-electron chi connectivity index (χ2n) is 8.68. The third-order valence-electron chi connectivity index (χ3n) is 5.95. The van der Waals surface area contributed by atoms with Crippen LogP contribution in [-0.4, -0.2) is 44.7 Å². The zero-order chi connectivity index (χ0) is 22.6. The normalized spacial score (nSPS) is 19.2. The van der Waals surface area contributed by atoms with Gasteiger partial charge in [-0.05, 0) is 45.0 Å². The standard InChI is InChI=1S/C23H27ClFN7/c1-5-32-20-9-17(31-10-13(2)26-14(3)11-31)8-18(24)21(20)23(29-32)27-16-6-15-12-30(4)28-22(15)19(25)7-16/h6-9,12-14,26H,5,10-11H2,1-4H3,(H,27,29)/t13-,14-/m0/s1. The number of fused-ring (bicyclic) bond motifs is 2. The third-order valence-corrected chi connectivity index (χ3v) is 6.25. The van der Waals surface area contributed by atoms with E-state index in [1.165, 1.54) is 6.07 Å². The van der Waals surface area contributed by atoms with E-state index in [1.807, 2.05) is 23.7 Å². The molecular weight excluding hydrogens is 429 g/mol. The molecule has 9 heteroatoms. The van der Waals surface area contributed by atoms with Gasteiger partial charge in [0.15, 0.2) is 11.6 Å². The molecule has 0 aliphatic carbocycles. The first kappa shape index (κ1) is 21.0. The Morgan fingerprint density at radius 3 is 2.62 bits per heavy atom. The monoisotopic (exact) mass is 455 g/mol. The summed E-state index contributed by atoms with van der Waals surface area (Å²) in [5, 5.41) is 17.9. The number of hydrogen-bond acceptors (Lipinski definition) is 5. The van der Waals surface area contributed by atoms with Crippen LogP contribution in [0, 0.1) is 5.82 Å². The maximum atomic E-state index is 14.6. The van der Waals surface area contributed by atoms with Crippen molar-refractivity contribution in [2.24, 2.45) is 7.05 Å². The van der Waals surface area contributed by atoms with Crippen molar-refractivity contribution in [2.75, 3.05) is 23.3 Å². The average molecular weight is 456 g/mol. The van der Waals surface area contributed by atoms with E-state index < -0.39 is 0 Å². The second-order valence-corrected chi connectivity index (χ2v) is 9.09. The summed E-state index contributed by atoms with van der Waals surface area (Å²) in [6.45, 7) is 8.97. The van der Waals surface area contributed by atoms with Gasteiger partial charge in [-0.3, -0.25) is 9.36 Å². The highest BCUT2D eigenvalue weighted by molar-refractivity contribution is 6.37. The van der Waals surface area contributed by atoms with Crippen LogP contribution in [0.5, 0.6) is 0 Å². The molecule has 2 aromatic carbocycles. The summed E-state index contributed by atoms with van der Waals surface area (Å²) in [5.74, 6) is 0.239. The number of hydrogen-bond donors (Lipinski definition) is 2. The first-order valence-electron chi connectivity index (χ1n) is 10.9. The van der Waals surface area contributed by atoms with Gasteiger partial charge in [-0.25, -0.2) is 4.39 Å². The fraction of sp³-hybridized carbons (Fsp3) is 0.391. The van der Waals surface area contributed by atoms with Crippen LogP contribution in [0.3, 0.4) is 0 Å². The highest BCUT2D eigenvalue weighted by Crippen LogP contribution is 2.37. The van der Waals surface area contributed by atoms with Gasteiger partial charge < -0.3 is 15.5 Å². The molecule has 2 atom stereocenters. The van der Waals surface area contributed by atoms with Gasteiger partial charge >= 0.3 is 0 Å². The van der Waals surface area contributed by atoms with Crippen LogP contribution in [0.15, 0.2) is 30.5 Å². The molecule has 1 fully saturated rings. The van der Waals surface area contributed by atoms with Crippen LogP contribution in [-0.2, 0) is 13.6 Å². The number of nitrogens with one attached hydrogen (secondary N) is 2. The fourth-order valence-electron chi connectivity index (χ4n) is 4.71. The molecule has 0 radical (unpaired) electrons. The number of nitrogens with zero attached hydrogens (tertiary/aromatic N) is 5. The van der Waals surface area contributed by atoms with Crippen molar-refractivity contribution in [1.82, 2.24) is 24.9 Å². The van der Waals surface area contributed by atoms with E-state index in [0.717, 1.165) is 35.1 Å². The first-order chi connectivity index (χ1) is 15.3. The molecular formula is C23H27ClFN7. The number of anilines is 3. The van der Waals surface area contributed by atoms with E-state index in [4.69, 9.17) is 16.7 Å².